The third-order valence-electron chi connectivity index (χ3n) is 2.29. The van der Waals surface area contributed by atoms with Crippen LogP contribution in [0.3, 0.4) is 0 Å². The van der Waals surface area contributed by atoms with Gasteiger partial charge in [-0.05, 0) is 29.7 Å². The zero-order valence-electron chi connectivity index (χ0n) is 8.38. The van der Waals surface area contributed by atoms with Crippen LogP contribution in [0.25, 0.3) is 0 Å². The molecule has 2 rings (SSSR count). The maximum Gasteiger partial charge on any atom is 0.0351 e. The highest BCUT2D eigenvalue weighted by molar-refractivity contribution is 5.18. The molecule has 0 aliphatic rings. The lowest BCUT2D eigenvalue weighted by Gasteiger charge is -2.10. The van der Waals surface area contributed by atoms with Crippen LogP contribution in [0.2, 0.25) is 0 Å². The van der Waals surface area contributed by atoms with E-state index in [1.807, 2.05) is 30.5 Å². The summed E-state index contributed by atoms with van der Waals surface area (Å²) in [6.45, 7) is 0. The summed E-state index contributed by atoms with van der Waals surface area (Å²) in [4.78, 5) is 8.11. The van der Waals surface area contributed by atoms with Gasteiger partial charge in [-0.3, -0.25) is 9.97 Å². The van der Waals surface area contributed by atoms with Gasteiger partial charge in [0.1, 0.15) is 0 Å². The normalized spacial score (nSPS) is 12.3. The molecule has 0 fully saturated rings. The van der Waals surface area contributed by atoms with Crippen LogP contribution in [-0.2, 0) is 6.42 Å². The second-order valence-electron chi connectivity index (χ2n) is 3.46. The molecule has 0 saturated carbocycles. The Morgan fingerprint density at radius 2 is 1.80 bits per heavy atom. The second-order valence-corrected chi connectivity index (χ2v) is 3.46. The molecule has 2 aromatic heterocycles. The number of hydrogen-bond donors (Lipinski definition) is 1. The highest BCUT2D eigenvalue weighted by Gasteiger charge is 2.06. The summed E-state index contributed by atoms with van der Waals surface area (Å²) in [7, 11) is 0. The predicted octanol–water partition coefficient (Wildman–Crippen LogP) is 1.72. The van der Waals surface area contributed by atoms with Crippen molar-refractivity contribution in [2.75, 3.05) is 0 Å². The fourth-order valence-electron chi connectivity index (χ4n) is 1.49. The summed E-state index contributed by atoms with van der Waals surface area (Å²) in [5, 5.41) is 0. The first-order valence-corrected chi connectivity index (χ1v) is 4.90. The average molecular weight is 199 g/mol. The van der Waals surface area contributed by atoms with Gasteiger partial charge in [0.2, 0.25) is 0 Å². The van der Waals surface area contributed by atoms with Crippen molar-refractivity contribution in [2.45, 2.75) is 12.5 Å². The molecule has 15 heavy (non-hydrogen) atoms. The third kappa shape index (κ3) is 2.60. The van der Waals surface area contributed by atoms with Crippen molar-refractivity contribution in [3.8, 4) is 0 Å². The van der Waals surface area contributed by atoms with E-state index in [-0.39, 0.29) is 6.04 Å². The highest BCUT2D eigenvalue weighted by atomic mass is 14.7. The van der Waals surface area contributed by atoms with Gasteiger partial charge in [-0.15, -0.1) is 0 Å². The summed E-state index contributed by atoms with van der Waals surface area (Å²) >= 11 is 0. The van der Waals surface area contributed by atoms with Gasteiger partial charge in [-0.25, -0.2) is 0 Å². The molecule has 0 aromatic carbocycles. The van der Waals surface area contributed by atoms with Gasteiger partial charge in [-0.1, -0.05) is 12.1 Å². The lowest BCUT2D eigenvalue weighted by Crippen LogP contribution is -2.13. The van der Waals surface area contributed by atoms with Crippen LogP contribution in [-0.4, -0.2) is 9.97 Å². The van der Waals surface area contributed by atoms with Crippen molar-refractivity contribution in [3.63, 3.8) is 0 Å². The molecule has 3 nitrogen and oxygen atoms in total. The van der Waals surface area contributed by atoms with Crippen LogP contribution < -0.4 is 5.73 Å². The number of rotatable bonds is 3. The molecule has 0 aliphatic carbocycles. The van der Waals surface area contributed by atoms with Crippen LogP contribution in [0.15, 0.2) is 49.1 Å². The summed E-state index contributed by atoms with van der Waals surface area (Å²) in [5.74, 6) is 0. The van der Waals surface area contributed by atoms with E-state index in [2.05, 4.69) is 9.97 Å². The van der Waals surface area contributed by atoms with Crippen molar-refractivity contribution in [1.29, 1.82) is 0 Å². The Hall–Kier alpha value is -1.74. The first kappa shape index (κ1) is 9.80. The lowest BCUT2D eigenvalue weighted by atomic mass is 10.0. The average Bonchev–Trinajstić information content (AvgIpc) is 2.31. The minimum absolute atomic E-state index is 0.0112. The lowest BCUT2D eigenvalue weighted by molar-refractivity contribution is 0.716. The molecule has 0 radical (unpaired) electrons. The molecule has 3 heteroatoms. The molecule has 0 saturated heterocycles. The van der Waals surface area contributed by atoms with E-state index in [1.165, 1.54) is 0 Å². The molecule has 2 aromatic rings. The molecule has 0 amide bonds. The van der Waals surface area contributed by atoms with E-state index in [9.17, 15) is 0 Å². The summed E-state index contributed by atoms with van der Waals surface area (Å²) in [6.07, 6.45) is 7.95. The first-order chi connectivity index (χ1) is 7.36. The molecule has 76 valence electrons. The van der Waals surface area contributed by atoms with Crippen LogP contribution in [0.5, 0.6) is 0 Å². The van der Waals surface area contributed by atoms with Crippen LogP contribution >= 0.6 is 0 Å². The van der Waals surface area contributed by atoms with Gasteiger partial charge in [0, 0.05) is 30.8 Å². The van der Waals surface area contributed by atoms with Crippen molar-refractivity contribution in [3.05, 3.63) is 60.2 Å². The molecular formula is C12H13N3. The topological polar surface area (TPSA) is 51.8 Å². The van der Waals surface area contributed by atoms with Crippen LogP contribution in [0, 0.1) is 0 Å². The summed E-state index contributed by atoms with van der Waals surface area (Å²) in [5.41, 5.74) is 8.26. The van der Waals surface area contributed by atoms with Crippen molar-refractivity contribution >= 4 is 0 Å². The molecule has 2 N–H and O–H groups in total. The maximum absolute atomic E-state index is 6.06. The van der Waals surface area contributed by atoms with E-state index in [0.29, 0.717) is 0 Å². The van der Waals surface area contributed by atoms with Gasteiger partial charge in [0.15, 0.2) is 0 Å². The maximum atomic E-state index is 6.06. The first-order valence-electron chi connectivity index (χ1n) is 4.90. The van der Waals surface area contributed by atoms with E-state index >= 15 is 0 Å². The van der Waals surface area contributed by atoms with E-state index in [0.717, 1.165) is 17.5 Å². The Bertz CT molecular complexity index is 400. The Labute approximate surface area is 89.0 Å². The SMILES string of the molecule is NC(Cc1cccnc1)c1cccnc1. The van der Waals surface area contributed by atoms with Gasteiger partial charge in [-0.2, -0.15) is 0 Å². The molecule has 0 bridgehead atoms. The van der Waals surface area contributed by atoms with E-state index < -0.39 is 0 Å². The smallest absolute Gasteiger partial charge is 0.0351 e. The third-order valence-corrected chi connectivity index (χ3v) is 2.29. The summed E-state index contributed by atoms with van der Waals surface area (Å²) < 4.78 is 0. The Morgan fingerprint density at radius 3 is 2.40 bits per heavy atom. The minimum Gasteiger partial charge on any atom is -0.324 e. The molecular weight excluding hydrogens is 186 g/mol. The van der Waals surface area contributed by atoms with Gasteiger partial charge < -0.3 is 5.73 Å². The van der Waals surface area contributed by atoms with Gasteiger partial charge >= 0.3 is 0 Å². The quantitative estimate of drug-likeness (QED) is 0.818. The molecule has 1 unspecified atom stereocenters. The molecule has 2 heterocycles. The Morgan fingerprint density at radius 1 is 1.07 bits per heavy atom. The number of nitrogens with two attached hydrogens (primary N) is 1. The van der Waals surface area contributed by atoms with E-state index in [4.69, 9.17) is 5.73 Å². The highest BCUT2D eigenvalue weighted by Crippen LogP contribution is 2.13. The standard InChI is InChI=1S/C12H13N3/c13-12(11-4-2-6-15-9-11)7-10-3-1-5-14-8-10/h1-6,8-9,12H,7,13H2. The predicted molar refractivity (Wildman–Crippen MR) is 59.1 cm³/mol. The van der Waals surface area contributed by atoms with Gasteiger partial charge in [0.25, 0.3) is 0 Å². The Balaban J connectivity index is 2.08. The minimum atomic E-state index is -0.0112. The number of aromatic nitrogens is 2. The summed E-state index contributed by atoms with van der Waals surface area (Å²) in [6, 6.07) is 7.84. The van der Waals surface area contributed by atoms with E-state index in [1.54, 1.807) is 18.6 Å². The zero-order chi connectivity index (χ0) is 10.5. The van der Waals surface area contributed by atoms with Crippen molar-refractivity contribution in [1.82, 2.24) is 9.97 Å². The molecule has 0 spiro atoms. The van der Waals surface area contributed by atoms with Crippen LogP contribution in [0.1, 0.15) is 17.2 Å². The Kier molecular flexibility index (Phi) is 3.05. The number of nitrogens with zero attached hydrogens (tertiary/aromatic N) is 2. The second kappa shape index (κ2) is 4.66. The fraction of sp³-hybridized carbons (Fsp3) is 0.167. The number of pyridine rings is 2. The fourth-order valence-corrected chi connectivity index (χ4v) is 1.49. The zero-order valence-corrected chi connectivity index (χ0v) is 8.38. The van der Waals surface area contributed by atoms with Crippen molar-refractivity contribution < 1.29 is 0 Å². The monoisotopic (exact) mass is 199 g/mol. The van der Waals surface area contributed by atoms with Crippen molar-refractivity contribution in [2.24, 2.45) is 5.73 Å². The van der Waals surface area contributed by atoms with Crippen LogP contribution in [0.4, 0.5) is 0 Å². The molecule has 1 atom stereocenters. The molecule has 0 aliphatic heterocycles. The largest absolute Gasteiger partial charge is 0.324 e. The number of hydrogen-bond acceptors (Lipinski definition) is 3. The van der Waals surface area contributed by atoms with Gasteiger partial charge in [0.05, 0.1) is 0 Å².